The summed E-state index contributed by atoms with van der Waals surface area (Å²) >= 11 is 0. The Morgan fingerprint density at radius 1 is 0.567 bits per heavy atom. The van der Waals surface area contributed by atoms with Crippen LogP contribution in [0.25, 0.3) is 11.3 Å². The van der Waals surface area contributed by atoms with E-state index in [1.807, 2.05) is 78.9 Å². The van der Waals surface area contributed by atoms with Gasteiger partial charge in [-0.3, -0.25) is 0 Å². The third-order valence-corrected chi connectivity index (χ3v) is 4.96. The highest BCUT2D eigenvalue weighted by Gasteiger charge is 2.24. The van der Waals surface area contributed by atoms with E-state index < -0.39 is 0 Å². The zero-order valence-electron chi connectivity index (χ0n) is 16.8. The van der Waals surface area contributed by atoms with Gasteiger partial charge >= 0.3 is 6.92 Å². The summed E-state index contributed by atoms with van der Waals surface area (Å²) in [6, 6.07) is 41.0. The van der Waals surface area contributed by atoms with E-state index in [0.717, 1.165) is 33.4 Å². The van der Waals surface area contributed by atoms with E-state index in [1.54, 1.807) is 0 Å². The lowest BCUT2D eigenvalue weighted by Crippen LogP contribution is -2.44. The van der Waals surface area contributed by atoms with Gasteiger partial charge in [-0.25, -0.2) is 0 Å². The number of rotatable bonds is 7. The maximum atomic E-state index is 6.70. The minimum Gasteiger partial charge on any atom is -0.551 e. The molecule has 0 bridgehead atoms. The molecule has 0 aliphatic rings. The van der Waals surface area contributed by atoms with Crippen LogP contribution in [0.4, 0.5) is 0 Å². The summed E-state index contributed by atoms with van der Waals surface area (Å²) in [5.74, 6) is 0.794. The lowest BCUT2D eigenvalue weighted by molar-refractivity contribution is 0.548. The molecular formula is C28H23BO. The Hall–Kier alpha value is -3.78. The van der Waals surface area contributed by atoms with Gasteiger partial charge in [0, 0.05) is 5.56 Å². The van der Waals surface area contributed by atoms with Crippen molar-refractivity contribution in [2.75, 3.05) is 0 Å². The smallest absolute Gasteiger partial charge is 0.426 e. The van der Waals surface area contributed by atoms with Gasteiger partial charge in [0.25, 0.3) is 0 Å². The van der Waals surface area contributed by atoms with Gasteiger partial charge in [0.15, 0.2) is 0 Å². The first-order chi connectivity index (χ1) is 14.8. The highest BCUT2D eigenvalue weighted by molar-refractivity contribution is 6.80. The predicted molar refractivity (Wildman–Crippen MR) is 129 cm³/mol. The molecule has 0 saturated heterocycles. The van der Waals surface area contributed by atoms with Crippen molar-refractivity contribution < 1.29 is 4.65 Å². The quantitative estimate of drug-likeness (QED) is 0.229. The van der Waals surface area contributed by atoms with Gasteiger partial charge in [0.2, 0.25) is 0 Å². The third-order valence-electron chi connectivity index (χ3n) is 4.96. The van der Waals surface area contributed by atoms with Gasteiger partial charge in [0.05, 0.1) is 0 Å². The van der Waals surface area contributed by atoms with Crippen molar-refractivity contribution in [2.24, 2.45) is 0 Å². The number of benzene rings is 4. The molecule has 0 radical (unpaired) electrons. The van der Waals surface area contributed by atoms with Crippen LogP contribution in [-0.2, 0) is 4.65 Å². The van der Waals surface area contributed by atoms with Crippen LogP contribution in [-0.4, -0.2) is 6.92 Å². The maximum Gasteiger partial charge on any atom is 0.426 e. The van der Waals surface area contributed by atoms with Crippen LogP contribution in [0.2, 0.25) is 0 Å². The van der Waals surface area contributed by atoms with Crippen LogP contribution in [0.1, 0.15) is 11.1 Å². The first kappa shape index (κ1) is 19.5. The first-order valence-corrected chi connectivity index (χ1v) is 10.1. The van der Waals surface area contributed by atoms with E-state index in [1.165, 1.54) is 0 Å². The average Bonchev–Trinajstić information content (AvgIpc) is 2.84. The van der Waals surface area contributed by atoms with E-state index in [0.29, 0.717) is 0 Å². The normalized spacial score (nSPS) is 11.0. The van der Waals surface area contributed by atoms with Crippen LogP contribution >= 0.6 is 0 Å². The molecule has 4 aromatic rings. The Morgan fingerprint density at radius 2 is 0.967 bits per heavy atom. The summed E-state index contributed by atoms with van der Waals surface area (Å²) in [5.41, 5.74) is 5.22. The topological polar surface area (TPSA) is 9.23 Å². The summed E-state index contributed by atoms with van der Waals surface area (Å²) in [6.45, 7) is 4.07. The summed E-state index contributed by atoms with van der Waals surface area (Å²) in [5, 5.41) is 0. The van der Waals surface area contributed by atoms with Gasteiger partial charge in [-0.1, -0.05) is 128 Å². The molecule has 0 aliphatic carbocycles. The monoisotopic (exact) mass is 386 g/mol. The highest BCUT2D eigenvalue weighted by Crippen LogP contribution is 2.23. The first-order valence-electron chi connectivity index (χ1n) is 10.1. The van der Waals surface area contributed by atoms with E-state index >= 15 is 0 Å². The van der Waals surface area contributed by atoms with Crippen molar-refractivity contribution in [3.8, 4) is 0 Å². The van der Waals surface area contributed by atoms with Gasteiger partial charge in [-0.15, -0.1) is 0 Å². The number of hydrogen-bond acceptors (Lipinski definition) is 1. The fraction of sp³-hybridized carbons (Fsp3) is 0. The molecule has 0 saturated carbocycles. The van der Waals surface area contributed by atoms with Gasteiger partial charge in [0.1, 0.15) is 5.76 Å². The molecular weight excluding hydrogens is 363 g/mol. The van der Waals surface area contributed by atoms with Gasteiger partial charge < -0.3 is 4.65 Å². The molecule has 0 N–H and O–H groups in total. The van der Waals surface area contributed by atoms with E-state index in [-0.39, 0.29) is 6.92 Å². The van der Waals surface area contributed by atoms with Crippen LogP contribution in [0.15, 0.2) is 134 Å². The zero-order chi connectivity index (χ0) is 20.6. The van der Waals surface area contributed by atoms with Crippen molar-refractivity contribution in [2.45, 2.75) is 0 Å². The number of hydrogen-bond donors (Lipinski definition) is 0. The molecule has 0 amide bonds. The SMILES string of the molecule is C=C(/C=C(\OB(c1ccccc1)c1ccccc1)c1ccccc1)c1ccccc1. The molecule has 0 atom stereocenters. The van der Waals surface area contributed by atoms with Crippen LogP contribution in [0, 0.1) is 0 Å². The molecule has 2 heteroatoms. The predicted octanol–water partition coefficient (Wildman–Crippen LogP) is 5.56. The van der Waals surface area contributed by atoms with Crippen LogP contribution < -0.4 is 10.9 Å². The van der Waals surface area contributed by atoms with Crippen molar-refractivity contribution in [1.29, 1.82) is 0 Å². The summed E-state index contributed by atoms with van der Waals surface area (Å²) in [6.07, 6.45) is 2.03. The van der Waals surface area contributed by atoms with Crippen LogP contribution in [0.3, 0.4) is 0 Å². The molecule has 0 heterocycles. The Kier molecular flexibility index (Phi) is 6.27. The fourth-order valence-corrected chi connectivity index (χ4v) is 3.39. The molecule has 0 aromatic heterocycles. The van der Waals surface area contributed by atoms with E-state index in [4.69, 9.17) is 4.65 Å². The highest BCUT2D eigenvalue weighted by atomic mass is 16.4. The maximum absolute atomic E-state index is 6.70. The molecule has 4 aromatic carbocycles. The molecule has 4 rings (SSSR count). The van der Waals surface area contributed by atoms with Crippen molar-refractivity contribution in [1.82, 2.24) is 0 Å². The third kappa shape index (κ3) is 4.79. The molecule has 1 nitrogen and oxygen atoms in total. The minimum atomic E-state index is -0.220. The largest absolute Gasteiger partial charge is 0.551 e. The molecule has 0 fully saturated rings. The fourth-order valence-electron chi connectivity index (χ4n) is 3.39. The average molecular weight is 386 g/mol. The van der Waals surface area contributed by atoms with E-state index in [9.17, 15) is 0 Å². The lowest BCUT2D eigenvalue weighted by atomic mass is 9.55. The Labute approximate surface area is 179 Å². The molecule has 0 spiro atoms. The molecule has 144 valence electrons. The second kappa shape index (κ2) is 9.62. The van der Waals surface area contributed by atoms with Gasteiger partial charge in [-0.2, -0.15) is 0 Å². The lowest BCUT2D eigenvalue weighted by Gasteiger charge is -2.20. The molecule has 0 aliphatic heterocycles. The standard InChI is InChI=1S/C28H23BO/c1-23(24-14-6-2-7-15-24)22-28(25-16-8-3-9-17-25)30-29(26-18-10-4-11-19-26)27-20-12-5-13-21-27/h2-22H,1H2/b28-22-. The number of allylic oxidation sites excluding steroid dienone is 2. The Balaban J connectivity index is 1.76. The Morgan fingerprint density at radius 3 is 1.43 bits per heavy atom. The van der Waals surface area contributed by atoms with Crippen molar-refractivity contribution in [3.05, 3.63) is 145 Å². The van der Waals surface area contributed by atoms with Gasteiger partial charge in [-0.05, 0) is 28.1 Å². The second-order valence-corrected chi connectivity index (χ2v) is 7.09. The minimum absolute atomic E-state index is 0.220. The molecule has 30 heavy (non-hydrogen) atoms. The second-order valence-electron chi connectivity index (χ2n) is 7.09. The van der Waals surface area contributed by atoms with E-state index in [2.05, 4.69) is 55.1 Å². The molecule has 0 unspecified atom stereocenters. The summed E-state index contributed by atoms with van der Waals surface area (Å²) < 4.78 is 6.70. The zero-order valence-corrected chi connectivity index (χ0v) is 16.8. The summed E-state index contributed by atoms with van der Waals surface area (Å²) in [7, 11) is 0. The Bertz CT molecular complexity index is 1060. The van der Waals surface area contributed by atoms with Crippen LogP contribution in [0.5, 0.6) is 0 Å². The summed E-state index contributed by atoms with van der Waals surface area (Å²) in [4.78, 5) is 0. The van der Waals surface area contributed by atoms with Crippen molar-refractivity contribution in [3.63, 3.8) is 0 Å². The van der Waals surface area contributed by atoms with Crippen molar-refractivity contribution >= 4 is 29.2 Å².